The minimum Gasteiger partial charge on any atom is -0.478 e. The summed E-state index contributed by atoms with van der Waals surface area (Å²) in [6.07, 6.45) is 0. The average molecular weight is 249 g/mol. The van der Waals surface area contributed by atoms with Gasteiger partial charge in [0.2, 0.25) is 0 Å². The highest BCUT2D eigenvalue weighted by atomic mass is 19.1. The number of carboxylic acids is 1. The first kappa shape index (κ1) is 12.0. The first-order chi connectivity index (χ1) is 8.58. The molecule has 0 atom stereocenters. The van der Waals surface area contributed by atoms with Gasteiger partial charge in [-0.1, -0.05) is 6.07 Å². The Labute approximate surface area is 102 Å². The van der Waals surface area contributed by atoms with E-state index in [0.717, 1.165) is 12.1 Å². The van der Waals surface area contributed by atoms with Crippen LogP contribution in [-0.2, 0) is 0 Å². The van der Waals surface area contributed by atoms with Crippen LogP contribution in [-0.4, -0.2) is 11.1 Å². The number of hydrogen-bond acceptors (Lipinski definition) is 2. The predicted molar refractivity (Wildman–Crippen MR) is 63.0 cm³/mol. The molecule has 2 aromatic carbocycles. The van der Waals surface area contributed by atoms with Crippen molar-refractivity contribution in [3.05, 3.63) is 59.7 Å². The van der Waals surface area contributed by atoms with Gasteiger partial charge in [-0.25, -0.2) is 13.6 Å². The molecule has 0 heterocycles. The Hall–Kier alpha value is -2.43. The van der Waals surface area contributed by atoms with Crippen molar-refractivity contribution in [3.8, 4) is 0 Å². The zero-order chi connectivity index (χ0) is 13.1. The van der Waals surface area contributed by atoms with Crippen molar-refractivity contribution in [1.29, 1.82) is 0 Å². The number of para-hydroxylation sites is 1. The molecule has 0 aliphatic carbocycles. The molecule has 0 unspecified atom stereocenters. The number of aromatic carboxylic acids is 1. The summed E-state index contributed by atoms with van der Waals surface area (Å²) in [5, 5.41) is 11.3. The number of nitrogens with one attached hydrogen (secondary N) is 1. The zero-order valence-corrected chi connectivity index (χ0v) is 9.15. The van der Waals surface area contributed by atoms with E-state index in [1.807, 2.05) is 0 Å². The van der Waals surface area contributed by atoms with E-state index in [4.69, 9.17) is 5.11 Å². The quantitative estimate of drug-likeness (QED) is 0.876. The summed E-state index contributed by atoms with van der Waals surface area (Å²) in [5.74, 6) is -2.48. The fraction of sp³-hybridized carbons (Fsp3) is 0. The summed E-state index contributed by atoms with van der Waals surface area (Å²) in [6, 6.07) is 9.12. The molecule has 18 heavy (non-hydrogen) atoms. The Kier molecular flexibility index (Phi) is 3.23. The fourth-order valence-corrected chi connectivity index (χ4v) is 1.46. The van der Waals surface area contributed by atoms with E-state index in [-0.39, 0.29) is 11.3 Å². The predicted octanol–water partition coefficient (Wildman–Crippen LogP) is 3.41. The van der Waals surface area contributed by atoms with Gasteiger partial charge in [0.05, 0.1) is 5.56 Å². The van der Waals surface area contributed by atoms with Crippen LogP contribution in [0, 0.1) is 11.6 Å². The van der Waals surface area contributed by atoms with E-state index in [2.05, 4.69) is 5.32 Å². The molecule has 0 aliphatic rings. The molecule has 0 aromatic heterocycles. The SMILES string of the molecule is O=C(O)c1ccc(Nc2c(F)cccc2F)cc1. The topological polar surface area (TPSA) is 49.3 Å². The van der Waals surface area contributed by atoms with Gasteiger partial charge in [-0.2, -0.15) is 0 Å². The lowest BCUT2D eigenvalue weighted by Gasteiger charge is -2.08. The molecule has 2 rings (SSSR count). The normalized spacial score (nSPS) is 10.1. The largest absolute Gasteiger partial charge is 0.478 e. The lowest BCUT2D eigenvalue weighted by Crippen LogP contribution is -1.99. The average Bonchev–Trinajstić information content (AvgIpc) is 2.34. The van der Waals surface area contributed by atoms with E-state index in [9.17, 15) is 13.6 Å². The summed E-state index contributed by atoms with van der Waals surface area (Å²) in [4.78, 5) is 10.6. The maximum absolute atomic E-state index is 13.3. The van der Waals surface area contributed by atoms with Gasteiger partial charge in [0.25, 0.3) is 0 Å². The van der Waals surface area contributed by atoms with Crippen LogP contribution < -0.4 is 5.32 Å². The number of benzene rings is 2. The van der Waals surface area contributed by atoms with Crippen molar-refractivity contribution in [3.63, 3.8) is 0 Å². The number of carboxylic acid groups (broad SMARTS) is 1. The molecular formula is C13H9F2NO2. The molecule has 0 saturated heterocycles. The molecule has 3 nitrogen and oxygen atoms in total. The number of anilines is 2. The summed E-state index contributed by atoms with van der Waals surface area (Å²) < 4.78 is 26.7. The van der Waals surface area contributed by atoms with Crippen LogP contribution in [0.4, 0.5) is 20.2 Å². The van der Waals surface area contributed by atoms with Crippen LogP contribution in [0.25, 0.3) is 0 Å². The van der Waals surface area contributed by atoms with E-state index in [0.29, 0.717) is 5.69 Å². The molecule has 0 spiro atoms. The van der Waals surface area contributed by atoms with Gasteiger partial charge in [0, 0.05) is 5.69 Å². The molecule has 0 bridgehead atoms. The molecule has 0 aliphatic heterocycles. The standard InChI is InChI=1S/C13H9F2NO2/c14-10-2-1-3-11(15)12(10)16-9-6-4-8(5-7-9)13(17)18/h1-7,16H,(H,17,18). The highest BCUT2D eigenvalue weighted by Gasteiger charge is 2.08. The fourth-order valence-electron chi connectivity index (χ4n) is 1.46. The number of hydrogen-bond donors (Lipinski definition) is 2. The maximum atomic E-state index is 13.3. The van der Waals surface area contributed by atoms with E-state index in [1.165, 1.54) is 30.3 Å². The molecule has 0 fully saturated rings. The van der Waals surface area contributed by atoms with Crippen molar-refractivity contribution >= 4 is 17.3 Å². The van der Waals surface area contributed by atoms with Crippen LogP contribution in [0.15, 0.2) is 42.5 Å². The van der Waals surface area contributed by atoms with Gasteiger partial charge in [0.1, 0.15) is 17.3 Å². The smallest absolute Gasteiger partial charge is 0.335 e. The number of halogens is 2. The lowest BCUT2D eigenvalue weighted by molar-refractivity contribution is 0.0697. The molecular weight excluding hydrogens is 240 g/mol. The molecule has 2 N–H and O–H groups in total. The molecule has 92 valence electrons. The van der Waals surface area contributed by atoms with Gasteiger partial charge in [-0.15, -0.1) is 0 Å². The summed E-state index contributed by atoms with van der Waals surface area (Å²) >= 11 is 0. The number of rotatable bonds is 3. The summed E-state index contributed by atoms with van der Waals surface area (Å²) in [5.41, 5.74) is 0.249. The van der Waals surface area contributed by atoms with Crippen molar-refractivity contribution < 1.29 is 18.7 Å². The minimum atomic E-state index is -1.06. The second-order valence-corrected chi connectivity index (χ2v) is 3.60. The van der Waals surface area contributed by atoms with Gasteiger partial charge >= 0.3 is 5.97 Å². The third-order valence-corrected chi connectivity index (χ3v) is 2.36. The van der Waals surface area contributed by atoms with Crippen molar-refractivity contribution in [2.24, 2.45) is 0 Å². The van der Waals surface area contributed by atoms with Crippen LogP contribution in [0.3, 0.4) is 0 Å². The van der Waals surface area contributed by atoms with Crippen molar-refractivity contribution in [2.45, 2.75) is 0 Å². The zero-order valence-electron chi connectivity index (χ0n) is 9.15. The van der Waals surface area contributed by atoms with Crippen LogP contribution in [0.2, 0.25) is 0 Å². The second-order valence-electron chi connectivity index (χ2n) is 3.60. The highest BCUT2D eigenvalue weighted by Crippen LogP contribution is 2.23. The first-order valence-corrected chi connectivity index (χ1v) is 5.12. The molecule has 0 saturated carbocycles. The monoisotopic (exact) mass is 249 g/mol. The lowest BCUT2D eigenvalue weighted by atomic mass is 10.2. The Morgan fingerprint density at radius 3 is 2.06 bits per heavy atom. The van der Waals surface area contributed by atoms with Crippen molar-refractivity contribution in [1.82, 2.24) is 0 Å². The van der Waals surface area contributed by atoms with E-state index >= 15 is 0 Å². The third kappa shape index (κ3) is 2.45. The van der Waals surface area contributed by atoms with Gasteiger partial charge < -0.3 is 10.4 Å². The number of carbonyl (C=O) groups is 1. The second kappa shape index (κ2) is 4.83. The summed E-state index contributed by atoms with van der Waals surface area (Å²) in [7, 11) is 0. The van der Waals surface area contributed by atoms with Gasteiger partial charge in [0.15, 0.2) is 0 Å². The summed E-state index contributed by atoms with van der Waals surface area (Å²) in [6.45, 7) is 0. The van der Waals surface area contributed by atoms with Crippen LogP contribution >= 0.6 is 0 Å². The van der Waals surface area contributed by atoms with Crippen LogP contribution in [0.1, 0.15) is 10.4 Å². The molecule has 0 radical (unpaired) electrons. The first-order valence-electron chi connectivity index (χ1n) is 5.12. The van der Waals surface area contributed by atoms with E-state index < -0.39 is 17.6 Å². The highest BCUT2D eigenvalue weighted by molar-refractivity contribution is 5.88. The minimum absolute atomic E-state index is 0.106. The molecule has 0 amide bonds. The van der Waals surface area contributed by atoms with E-state index in [1.54, 1.807) is 0 Å². The molecule has 2 aromatic rings. The Morgan fingerprint density at radius 1 is 1.00 bits per heavy atom. The Bertz CT molecular complexity index is 562. The van der Waals surface area contributed by atoms with Crippen LogP contribution in [0.5, 0.6) is 0 Å². The van der Waals surface area contributed by atoms with Gasteiger partial charge in [-0.05, 0) is 36.4 Å². The van der Waals surface area contributed by atoms with Crippen molar-refractivity contribution in [2.75, 3.05) is 5.32 Å². The van der Waals surface area contributed by atoms with Gasteiger partial charge in [-0.3, -0.25) is 0 Å². The Balaban J connectivity index is 2.26. The Morgan fingerprint density at radius 2 is 1.56 bits per heavy atom. The molecule has 5 heteroatoms. The third-order valence-electron chi connectivity index (χ3n) is 2.36. The maximum Gasteiger partial charge on any atom is 0.335 e.